The van der Waals surface area contributed by atoms with Gasteiger partial charge >= 0.3 is 0 Å². The number of nitrogens with one attached hydrogen (secondary N) is 1. The molecule has 0 atom stereocenters. The quantitative estimate of drug-likeness (QED) is 0.814. The van der Waals surface area contributed by atoms with Gasteiger partial charge in [0.2, 0.25) is 10.0 Å². The van der Waals surface area contributed by atoms with Crippen molar-refractivity contribution in [3.8, 4) is 6.07 Å². The van der Waals surface area contributed by atoms with Crippen molar-refractivity contribution < 1.29 is 8.42 Å². The van der Waals surface area contributed by atoms with Crippen LogP contribution in [0.25, 0.3) is 0 Å². The molecule has 0 bridgehead atoms. The fourth-order valence-electron chi connectivity index (χ4n) is 1.70. The lowest BCUT2D eigenvalue weighted by atomic mass is 10.2. The molecule has 0 aromatic heterocycles. The first kappa shape index (κ1) is 15.4. The molecule has 0 radical (unpaired) electrons. The summed E-state index contributed by atoms with van der Waals surface area (Å²) in [6, 6.07) is 13.3. The summed E-state index contributed by atoms with van der Waals surface area (Å²) in [6.45, 7) is 0. The second kappa shape index (κ2) is 6.16. The molecule has 5 nitrogen and oxygen atoms in total. The van der Waals surface area contributed by atoms with Crippen molar-refractivity contribution >= 4 is 37.3 Å². The molecular weight excluding hydrogens is 354 g/mol. The Hall–Kier alpha value is -2.04. The maximum atomic E-state index is 12.1. The van der Waals surface area contributed by atoms with E-state index in [9.17, 15) is 8.42 Å². The van der Waals surface area contributed by atoms with Gasteiger partial charge in [-0.3, -0.25) is 4.72 Å². The summed E-state index contributed by atoms with van der Waals surface area (Å²) in [5, 5.41) is 8.78. The zero-order valence-corrected chi connectivity index (χ0v) is 13.3. The second-order valence-electron chi connectivity index (χ2n) is 4.41. The summed E-state index contributed by atoms with van der Waals surface area (Å²) >= 11 is 3.24. The van der Waals surface area contributed by atoms with E-state index in [0.29, 0.717) is 27.0 Å². The van der Waals surface area contributed by atoms with Gasteiger partial charge in [0.25, 0.3) is 0 Å². The van der Waals surface area contributed by atoms with Crippen molar-refractivity contribution in [1.29, 1.82) is 5.26 Å². The summed E-state index contributed by atoms with van der Waals surface area (Å²) in [7, 11) is -3.55. The number of nitriles is 1. The molecule has 0 saturated heterocycles. The molecule has 0 aliphatic carbocycles. The molecule has 0 fully saturated rings. The third-order valence-electron chi connectivity index (χ3n) is 2.70. The molecule has 2 aromatic carbocycles. The van der Waals surface area contributed by atoms with Gasteiger partial charge in [0.05, 0.1) is 23.1 Å². The molecule has 0 aliphatic rings. The summed E-state index contributed by atoms with van der Waals surface area (Å²) in [5.74, 6) is -0.153. The minimum Gasteiger partial charge on any atom is -0.399 e. The normalized spacial score (nSPS) is 10.9. The molecule has 0 aliphatic heterocycles. The number of anilines is 2. The van der Waals surface area contributed by atoms with Crippen LogP contribution in [0.15, 0.2) is 46.9 Å². The van der Waals surface area contributed by atoms with E-state index in [1.54, 1.807) is 42.5 Å². The van der Waals surface area contributed by atoms with Crippen molar-refractivity contribution in [1.82, 2.24) is 0 Å². The third-order valence-corrected chi connectivity index (χ3v) is 4.60. The lowest BCUT2D eigenvalue weighted by molar-refractivity contribution is 0.600. The fraction of sp³-hybridized carbons (Fsp3) is 0.0714. The molecule has 21 heavy (non-hydrogen) atoms. The molecular formula is C14H12BrN3O2S. The monoisotopic (exact) mass is 365 g/mol. The lowest BCUT2D eigenvalue weighted by Crippen LogP contribution is -2.15. The van der Waals surface area contributed by atoms with Gasteiger partial charge in [0.1, 0.15) is 0 Å². The molecule has 0 amide bonds. The third kappa shape index (κ3) is 4.21. The predicted octanol–water partition coefficient (Wildman–Crippen LogP) is 2.84. The van der Waals surface area contributed by atoms with E-state index >= 15 is 0 Å². The highest BCUT2D eigenvalue weighted by Gasteiger charge is 2.13. The van der Waals surface area contributed by atoms with Crippen molar-refractivity contribution in [3.05, 3.63) is 58.1 Å². The number of nitrogens with two attached hydrogens (primary N) is 1. The van der Waals surface area contributed by atoms with Crippen molar-refractivity contribution in [2.45, 2.75) is 5.75 Å². The number of nitrogens with zero attached hydrogens (tertiary/aromatic N) is 1. The maximum Gasteiger partial charge on any atom is 0.236 e. The molecule has 7 heteroatoms. The van der Waals surface area contributed by atoms with E-state index in [4.69, 9.17) is 11.0 Å². The van der Waals surface area contributed by atoms with Gasteiger partial charge in [-0.1, -0.05) is 12.1 Å². The average Bonchev–Trinajstić information content (AvgIpc) is 2.43. The average molecular weight is 366 g/mol. The van der Waals surface area contributed by atoms with Crippen LogP contribution in [0.3, 0.4) is 0 Å². The Morgan fingerprint density at radius 3 is 2.43 bits per heavy atom. The van der Waals surface area contributed by atoms with E-state index in [2.05, 4.69) is 20.7 Å². The molecule has 2 rings (SSSR count). The van der Waals surface area contributed by atoms with Crippen LogP contribution >= 0.6 is 15.9 Å². The molecule has 0 spiro atoms. The number of benzene rings is 2. The number of nitrogen functional groups attached to an aromatic ring is 1. The maximum absolute atomic E-state index is 12.1. The number of halogens is 1. The Balaban J connectivity index is 2.18. The molecule has 0 unspecified atom stereocenters. The number of rotatable bonds is 4. The summed E-state index contributed by atoms with van der Waals surface area (Å²) in [5.41, 5.74) is 7.63. The van der Waals surface area contributed by atoms with Gasteiger partial charge in [-0.05, 0) is 51.8 Å². The van der Waals surface area contributed by atoms with E-state index in [0.717, 1.165) is 0 Å². The predicted molar refractivity (Wildman–Crippen MR) is 86.0 cm³/mol. The number of hydrogen-bond donors (Lipinski definition) is 2. The lowest BCUT2D eigenvalue weighted by Gasteiger charge is -2.10. The molecule has 3 N–H and O–H groups in total. The Bertz CT molecular complexity index is 796. The van der Waals surface area contributed by atoms with Gasteiger partial charge < -0.3 is 5.73 Å². The van der Waals surface area contributed by atoms with Gasteiger partial charge in [-0.15, -0.1) is 0 Å². The zero-order valence-electron chi connectivity index (χ0n) is 10.9. The first-order valence-corrected chi connectivity index (χ1v) is 8.39. The van der Waals surface area contributed by atoms with Crippen LogP contribution in [0.4, 0.5) is 11.4 Å². The van der Waals surface area contributed by atoms with Crippen LogP contribution in [0.1, 0.15) is 11.1 Å². The Morgan fingerprint density at radius 2 is 1.86 bits per heavy atom. The Labute approximate surface area is 131 Å². The van der Waals surface area contributed by atoms with Crippen molar-refractivity contribution in [2.75, 3.05) is 10.5 Å². The van der Waals surface area contributed by atoms with E-state index in [1.165, 1.54) is 0 Å². The van der Waals surface area contributed by atoms with Crippen LogP contribution in [-0.4, -0.2) is 8.42 Å². The zero-order chi connectivity index (χ0) is 15.5. The Kier molecular flexibility index (Phi) is 4.50. The minimum absolute atomic E-state index is 0.153. The minimum atomic E-state index is -3.55. The van der Waals surface area contributed by atoms with E-state index < -0.39 is 10.0 Å². The topological polar surface area (TPSA) is 96.0 Å². The van der Waals surface area contributed by atoms with Crippen LogP contribution < -0.4 is 10.5 Å². The highest BCUT2D eigenvalue weighted by atomic mass is 79.9. The summed E-state index contributed by atoms with van der Waals surface area (Å²) in [6.07, 6.45) is 0. The van der Waals surface area contributed by atoms with Crippen LogP contribution in [0.2, 0.25) is 0 Å². The Morgan fingerprint density at radius 1 is 1.19 bits per heavy atom. The summed E-state index contributed by atoms with van der Waals surface area (Å²) in [4.78, 5) is 0. The molecule has 0 saturated carbocycles. The van der Waals surface area contributed by atoms with Crippen LogP contribution in [0.5, 0.6) is 0 Å². The van der Waals surface area contributed by atoms with E-state index in [1.807, 2.05) is 6.07 Å². The fourth-order valence-corrected chi connectivity index (χ4v) is 3.53. The highest BCUT2D eigenvalue weighted by Crippen LogP contribution is 2.25. The van der Waals surface area contributed by atoms with Gasteiger partial charge in [0.15, 0.2) is 0 Å². The molecule has 0 heterocycles. The first-order valence-electron chi connectivity index (χ1n) is 5.94. The summed E-state index contributed by atoms with van der Waals surface area (Å²) < 4.78 is 27.3. The van der Waals surface area contributed by atoms with Gasteiger partial charge in [0, 0.05) is 10.2 Å². The SMILES string of the molecule is N#Cc1ccc(NS(=O)(=O)Cc2ccc(N)cc2)c(Br)c1. The smallest absolute Gasteiger partial charge is 0.236 e. The number of sulfonamides is 1. The van der Waals surface area contributed by atoms with Gasteiger partial charge in [-0.25, -0.2) is 8.42 Å². The first-order chi connectivity index (χ1) is 9.89. The number of hydrogen-bond acceptors (Lipinski definition) is 4. The second-order valence-corrected chi connectivity index (χ2v) is 6.99. The van der Waals surface area contributed by atoms with Crippen molar-refractivity contribution in [3.63, 3.8) is 0 Å². The molecule has 2 aromatic rings. The largest absolute Gasteiger partial charge is 0.399 e. The highest BCUT2D eigenvalue weighted by molar-refractivity contribution is 9.10. The van der Waals surface area contributed by atoms with Crippen molar-refractivity contribution in [2.24, 2.45) is 0 Å². The van der Waals surface area contributed by atoms with Gasteiger partial charge in [-0.2, -0.15) is 5.26 Å². The van der Waals surface area contributed by atoms with E-state index in [-0.39, 0.29) is 5.75 Å². The standard InChI is InChI=1S/C14H12BrN3O2S/c15-13-7-11(8-16)3-6-14(13)18-21(19,20)9-10-1-4-12(17)5-2-10/h1-7,18H,9,17H2. The van der Waals surface area contributed by atoms with Crippen LogP contribution in [0, 0.1) is 11.3 Å². The molecule has 108 valence electrons. The van der Waals surface area contributed by atoms with Crippen LogP contribution in [-0.2, 0) is 15.8 Å².